The second kappa shape index (κ2) is 8.31. The lowest BCUT2D eigenvalue weighted by molar-refractivity contribution is 0.0950. The molecule has 138 valence electrons. The zero-order valence-electron chi connectivity index (χ0n) is 15.6. The monoisotopic (exact) mass is 362 g/mol. The zero-order valence-corrected chi connectivity index (χ0v) is 15.6. The first-order valence-corrected chi connectivity index (χ1v) is 8.62. The molecule has 0 radical (unpaired) electrons. The Hall–Kier alpha value is -3.41. The first kappa shape index (κ1) is 18.4. The third-order valence-electron chi connectivity index (χ3n) is 4.05. The second-order valence-corrected chi connectivity index (χ2v) is 6.30. The fourth-order valence-electron chi connectivity index (χ4n) is 2.66. The van der Waals surface area contributed by atoms with E-state index in [1.54, 1.807) is 7.11 Å². The molecule has 6 nitrogen and oxygen atoms in total. The lowest BCUT2D eigenvalue weighted by atomic mass is 10.1. The minimum absolute atomic E-state index is 0.212. The Bertz CT molecular complexity index is 939. The van der Waals surface area contributed by atoms with Gasteiger partial charge >= 0.3 is 0 Å². The van der Waals surface area contributed by atoms with E-state index in [9.17, 15) is 4.79 Å². The summed E-state index contributed by atoms with van der Waals surface area (Å²) in [7, 11) is 1.61. The van der Waals surface area contributed by atoms with Gasteiger partial charge in [0.1, 0.15) is 5.75 Å². The summed E-state index contributed by atoms with van der Waals surface area (Å²) in [6, 6.07) is 13.8. The average molecular weight is 362 g/mol. The van der Waals surface area contributed by atoms with E-state index in [2.05, 4.69) is 20.6 Å². The Labute approximate surface area is 158 Å². The van der Waals surface area contributed by atoms with Crippen molar-refractivity contribution in [3.63, 3.8) is 0 Å². The summed E-state index contributed by atoms with van der Waals surface area (Å²) < 4.78 is 5.33. The Morgan fingerprint density at radius 2 is 1.78 bits per heavy atom. The summed E-state index contributed by atoms with van der Waals surface area (Å²) in [5, 5.41) is 5.99. The number of hydrogen-bond donors (Lipinski definition) is 2. The third-order valence-corrected chi connectivity index (χ3v) is 4.05. The van der Waals surface area contributed by atoms with Gasteiger partial charge in [-0.15, -0.1) is 0 Å². The lowest BCUT2D eigenvalue weighted by Gasteiger charge is -2.11. The van der Waals surface area contributed by atoms with Crippen LogP contribution in [0.3, 0.4) is 0 Å². The number of aryl methyl sites for hydroxylation is 2. The van der Waals surface area contributed by atoms with Gasteiger partial charge in [0, 0.05) is 18.9 Å². The summed E-state index contributed by atoms with van der Waals surface area (Å²) in [6.45, 7) is 4.47. The highest BCUT2D eigenvalue weighted by Crippen LogP contribution is 2.27. The van der Waals surface area contributed by atoms with E-state index in [0.29, 0.717) is 23.8 Å². The van der Waals surface area contributed by atoms with Gasteiger partial charge in [-0.3, -0.25) is 4.79 Å². The van der Waals surface area contributed by atoms with Gasteiger partial charge in [0.25, 0.3) is 5.91 Å². The molecule has 0 saturated heterocycles. The molecule has 0 bridgehead atoms. The molecule has 6 heteroatoms. The lowest BCUT2D eigenvalue weighted by Crippen LogP contribution is -2.23. The van der Waals surface area contributed by atoms with Crippen molar-refractivity contribution in [3.8, 4) is 5.75 Å². The Morgan fingerprint density at radius 1 is 1.04 bits per heavy atom. The second-order valence-electron chi connectivity index (χ2n) is 6.30. The molecule has 0 unspecified atom stereocenters. The van der Waals surface area contributed by atoms with Gasteiger partial charge in [-0.25, -0.2) is 9.97 Å². The predicted molar refractivity (Wildman–Crippen MR) is 105 cm³/mol. The summed E-state index contributed by atoms with van der Waals surface area (Å²) in [5.41, 5.74) is 4.48. The number of rotatable bonds is 6. The number of nitrogens with zero attached hydrogens (tertiary/aromatic N) is 2. The molecule has 0 aliphatic carbocycles. The van der Waals surface area contributed by atoms with Gasteiger partial charge in [0.2, 0.25) is 5.95 Å². The Balaban J connectivity index is 1.64. The maximum absolute atomic E-state index is 12.3. The number of anilines is 2. The molecule has 1 heterocycles. The number of benzene rings is 2. The van der Waals surface area contributed by atoms with Crippen LogP contribution in [-0.2, 0) is 6.54 Å². The topological polar surface area (TPSA) is 76.1 Å². The number of ether oxygens (including phenoxy) is 1. The predicted octanol–water partition coefficient (Wildman–Crippen LogP) is 3.78. The summed E-state index contributed by atoms with van der Waals surface area (Å²) in [5.74, 6) is 0.884. The minimum Gasteiger partial charge on any atom is -0.495 e. The minimum atomic E-state index is -0.212. The highest BCUT2D eigenvalue weighted by molar-refractivity contribution is 5.93. The number of aromatic nitrogens is 2. The summed E-state index contributed by atoms with van der Waals surface area (Å²) in [4.78, 5) is 20.7. The SMILES string of the molecule is COc1ccc(C)cc1Nc1ncc(C(=O)NCc2cccc(C)c2)cn1. The van der Waals surface area contributed by atoms with Crippen molar-refractivity contribution < 1.29 is 9.53 Å². The van der Waals surface area contributed by atoms with E-state index < -0.39 is 0 Å². The smallest absolute Gasteiger partial charge is 0.254 e. The molecule has 0 saturated carbocycles. The molecule has 1 amide bonds. The van der Waals surface area contributed by atoms with Crippen molar-refractivity contribution in [1.82, 2.24) is 15.3 Å². The van der Waals surface area contributed by atoms with Gasteiger partial charge < -0.3 is 15.4 Å². The van der Waals surface area contributed by atoms with E-state index in [-0.39, 0.29) is 5.91 Å². The quantitative estimate of drug-likeness (QED) is 0.698. The van der Waals surface area contributed by atoms with Crippen LogP contribution in [0, 0.1) is 13.8 Å². The molecule has 0 atom stereocenters. The maximum atomic E-state index is 12.3. The van der Waals surface area contributed by atoms with Crippen molar-refractivity contribution in [3.05, 3.63) is 77.1 Å². The van der Waals surface area contributed by atoms with Crippen LogP contribution < -0.4 is 15.4 Å². The Morgan fingerprint density at radius 3 is 2.48 bits per heavy atom. The normalized spacial score (nSPS) is 10.3. The average Bonchev–Trinajstić information content (AvgIpc) is 2.67. The molecule has 0 aliphatic heterocycles. The molecular weight excluding hydrogens is 340 g/mol. The van der Waals surface area contributed by atoms with E-state index in [1.807, 2.05) is 56.3 Å². The van der Waals surface area contributed by atoms with Crippen LogP contribution in [0.2, 0.25) is 0 Å². The van der Waals surface area contributed by atoms with Crippen LogP contribution in [0.25, 0.3) is 0 Å². The van der Waals surface area contributed by atoms with Crippen LogP contribution in [0.15, 0.2) is 54.9 Å². The molecule has 2 aromatic carbocycles. The van der Waals surface area contributed by atoms with E-state index >= 15 is 0 Å². The number of methoxy groups -OCH3 is 1. The largest absolute Gasteiger partial charge is 0.495 e. The summed E-state index contributed by atoms with van der Waals surface area (Å²) in [6.07, 6.45) is 3.01. The maximum Gasteiger partial charge on any atom is 0.254 e. The van der Waals surface area contributed by atoms with Crippen molar-refractivity contribution in [2.24, 2.45) is 0 Å². The molecule has 2 N–H and O–H groups in total. The van der Waals surface area contributed by atoms with Crippen molar-refractivity contribution in [1.29, 1.82) is 0 Å². The van der Waals surface area contributed by atoms with Crippen molar-refractivity contribution in [2.75, 3.05) is 12.4 Å². The molecule has 0 aliphatic rings. The summed E-state index contributed by atoms with van der Waals surface area (Å²) >= 11 is 0. The zero-order chi connectivity index (χ0) is 19.2. The number of hydrogen-bond acceptors (Lipinski definition) is 5. The third kappa shape index (κ3) is 4.82. The number of carbonyl (C=O) groups is 1. The first-order valence-electron chi connectivity index (χ1n) is 8.62. The van der Waals surface area contributed by atoms with Gasteiger partial charge in [-0.2, -0.15) is 0 Å². The van der Waals surface area contributed by atoms with Gasteiger partial charge in [0.15, 0.2) is 0 Å². The molecule has 3 aromatic rings. The molecule has 27 heavy (non-hydrogen) atoms. The van der Waals surface area contributed by atoms with Crippen LogP contribution in [0.4, 0.5) is 11.6 Å². The van der Waals surface area contributed by atoms with E-state index in [4.69, 9.17) is 4.74 Å². The number of carbonyl (C=O) groups excluding carboxylic acids is 1. The van der Waals surface area contributed by atoms with Crippen molar-refractivity contribution in [2.45, 2.75) is 20.4 Å². The number of nitrogens with one attached hydrogen (secondary N) is 2. The van der Waals surface area contributed by atoms with Crippen LogP contribution >= 0.6 is 0 Å². The standard InChI is InChI=1S/C21H22N4O2/c1-14-5-4-6-16(9-14)11-22-20(26)17-12-23-21(24-13-17)25-18-10-15(2)7-8-19(18)27-3/h4-10,12-13H,11H2,1-3H3,(H,22,26)(H,23,24,25). The highest BCUT2D eigenvalue weighted by Gasteiger charge is 2.09. The van der Waals surface area contributed by atoms with Crippen molar-refractivity contribution >= 4 is 17.5 Å². The molecule has 0 spiro atoms. The first-order chi connectivity index (χ1) is 13.0. The van der Waals surface area contributed by atoms with Gasteiger partial charge in [-0.1, -0.05) is 35.9 Å². The fourth-order valence-corrected chi connectivity index (χ4v) is 2.66. The fraction of sp³-hybridized carbons (Fsp3) is 0.190. The molecular formula is C21H22N4O2. The van der Waals surface area contributed by atoms with Crippen LogP contribution in [0.5, 0.6) is 5.75 Å². The highest BCUT2D eigenvalue weighted by atomic mass is 16.5. The van der Waals surface area contributed by atoms with Crippen LogP contribution in [-0.4, -0.2) is 23.0 Å². The Kier molecular flexibility index (Phi) is 5.66. The number of amides is 1. The van der Waals surface area contributed by atoms with Gasteiger partial charge in [0.05, 0.1) is 18.4 Å². The molecule has 3 rings (SSSR count). The van der Waals surface area contributed by atoms with Gasteiger partial charge in [-0.05, 0) is 37.1 Å². The molecule has 1 aromatic heterocycles. The van der Waals surface area contributed by atoms with E-state index in [1.165, 1.54) is 12.4 Å². The van der Waals surface area contributed by atoms with E-state index in [0.717, 1.165) is 22.4 Å². The molecule has 0 fully saturated rings. The van der Waals surface area contributed by atoms with Crippen LogP contribution in [0.1, 0.15) is 27.0 Å².